The molecule has 0 aliphatic carbocycles. The van der Waals surface area contributed by atoms with Gasteiger partial charge in [0.15, 0.2) is 0 Å². The molecule has 2 rings (SSSR count). The van der Waals surface area contributed by atoms with Gasteiger partial charge < -0.3 is 15.1 Å². The van der Waals surface area contributed by atoms with Gasteiger partial charge in [0.25, 0.3) is 5.91 Å². The van der Waals surface area contributed by atoms with Crippen molar-refractivity contribution in [3.8, 4) is 0 Å². The second kappa shape index (κ2) is 8.45. The standard InChI is InChI=1S/C19H26N4O/c1-5-23(17-8-6-7-15(2)13-17)19(24)16-9-10-18(21-14-16)20-11-12-22(3)4/h6-10,13-14H,5,11-12H2,1-4H3,(H,20,21). The summed E-state index contributed by atoms with van der Waals surface area (Å²) in [5, 5.41) is 3.25. The minimum absolute atomic E-state index is 0.0320. The molecule has 5 heteroatoms. The second-order valence-corrected chi connectivity index (χ2v) is 6.05. The van der Waals surface area contributed by atoms with Crippen LogP contribution < -0.4 is 10.2 Å². The van der Waals surface area contributed by atoms with E-state index < -0.39 is 0 Å². The zero-order valence-electron chi connectivity index (χ0n) is 14.9. The number of hydrogen-bond acceptors (Lipinski definition) is 4. The van der Waals surface area contributed by atoms with Crippen molar-refractivity contribution in [2.24, 2.45) is 0 Å². The summed E-state index contributed by atoms with van der Waals surface area (Å²) in [5.74, 6) is 0.752. The summed E-state index contributed by atoms with van der Waals surface area (Å²) in [4.78, 5) is 21.0. The molecular weight excluding hydrogens is 300 g/mol. The molecule has 1 amide bonds. The Labute approximate surface area is 144 Å². The molecule has 0 fully saturated rings. The molecule has 1 N–H and O–H groups in total. The predicted molar refractivity (Wildman–Crippen MR) is 99.8 cm³/mol. The number of carbonyl (C=O) groups excluding carboxylic acids is 1. The Kier molecular flexibility index (Phi) is 6.32. The molecule has 0 saturated carbocycles. The van der Waals surface area contributed by atoms with E-state index >= 15 is 0 Å². The maximum absolute atomic E-state index is 12.8. The number of benzene rings is 1. The van der Waals surface area contributed by atoms with E-state index in [4.69, 9.17) is 0 Å². The maximum Gasteiger partial charge on any atom is 0.259 e. The van der Waals surface area contributed by atoms with Gasteiger partial charge in [-0.15, -0.1) is 0 Å². The Morgan fingerprint density at radius 3 is 2.58 bits per heavy atom. The van der Waals surface area contributed by atoms with E-state index in [0.29, 0.717) is 12.1 Å². The first-order valence-corrected chi connectivity index (χ1v) is 8.24. The van der Waals surface area contributed by atoms with Crippen LogP contribution in [0.5, 0.6) is 0 Å². The number of anilines is 2. The minimum atomic E-state index is -0.0320. The van der Waals surface area contributed by atoms with E-state index in [9.17, 15) is 4.79 Å². The van der Waals surface area contributed by atoms with Crippen molar-refractivity contribution in [3.05, 3.63) is 53.7 Å². The molecule has 128 valence electrons. The van der Waals surface area contributed by atoms with Gasteiger partial charge in [-0.05, 0) is 57.8 Å². The second-order valence-electron chi connectivity index (χ2n) is 6.05. The van der Waals surface area contributed by atoms with E-state index in [0.717, 1.165) is 30.2 Å². The zero-order chi connectivity index (χ0) is 17.5. The molecule has 24 heavy (non-hydrogen) atoms. The zero-order valence-corrected chi connectivity index (χ0v) is 14.9. The predicted octanol–water partition coefficient (Wildman–Crippen LogP) is 3.03. The van der Waals surface area contributed by atoms with Crippen molar-refractivity contribution >= 4 is 17.4 Å². The number of aryl methyl sites for hydroxylation is 1. The molecule has 0 radical (unpaired) electrons. The number of amides is 1. The van der Waals surface area contributed by atoms with Crippen LogP contribution >= 0.6 is 0 Å². The van der Waals surface area contributed by atoms with Gasteiger partial charge >= 0.3 is 0 Å². The highest BCUT2D eigenvalue weighted by Gasteiger charge is 2.16. The summed E-state index contributed by atoms with van der Waals surface area (Å²) in [6.45, 7) is 6.37. The molecule has 1 heterocycles. The summed E-state index contributed by atoms with van der Waals surface area (Å²) in [6, 6.07) is 11.7. The van der Waals surface area contributed by atoms with Gasteiger partial charge in [-0.2, -0.15) is 0 Å². The van der Waals surface area contributed by atoms with Crippen LogP contribution in [0.3, 0.4) is 0 Å². The van der Waals surface area contributed by atoms with Gasteiger partial charge in [-0.3, -0.25) is 4.79 Å². The molecule has 1 aromatic carbocycles. The minimum Gasteiger partial charge on any atom is -0.369 e. The summed E-state index contributed by atoms with van der Waals surface area (Å²) >= 11 is 0. The molecule has 0 aliphatic rings. The average Bonchev–Trinajstić information content (AvgIpc) is 2.56. The van der Waals surface area contributed by atoms with Crippen LogP contribution in [0.2, 0.25) is 0 Å². The SMILES string of the molecule is CCN(C(=O)c1ccc(NCCN(C)C)nc1)c1cccc(C)c1. The Hall–Kier alpha value is -2.40. The molecule has 0 unspecified atom stereocenters. The van der Waals surface area contributed by atoms with Gasteiger partial charge in [0.05, 0.1) is 5.56 Å². The van der Waals surface area contributed by atoms with Crippen LogP contribution in [0.25, 0.3) is 0 Å². The van der Waals surface area contributed by atoms with E-state index in [2.05, 4.69) is 15.2 Å². The van der Waals surface area contributed by atoms with Crippen molar-refractivity contribution in [1.82, 2.24) is 9.88 Å². The summed E-state index contributed by atoms with van der Waals surface area (Å²) in [6.07, 6.45) is 1.64. The fraction of sp³-hybridized carbons (Fsp3) is 0.368. The van der Waals surface area contributed by atoms with E-state index in [-0.39, 0.29) is 5.91 Å². The number of aromatic nitrogens is 1. The largest absolute Gasteiger partial charge is 0.369 e. The van der Waals surface area contributed by atoms with E-state index in [1.807, 2.05) is 64.3 Å². The Bertz CT molecular complexity index is 667. The van der Waals surface area contributed by atoms with Crippen LogP contribution in [0.15, 0.2) is 42.6 Å². The molecule has 2 aromatic rings. The normalized spacial score (nSPS) is 10.7. The van der Waals surface area contributed by atoms with Crippen molar-refractivity contribution < 1.29 is 4.79 Å². The van der Waals surface area contributed by atoms with Crippen LogP contribution in [0, 0.1) is 6.92 Å². The number of nitrogens with one attached hydrogen (secondary N) is 1. The summed E-state index contributed by atoms with van der Waals surface area (Å²) in [5.41, 5.74) is 2.64. The van der Waals surface area contributed by atoms with Crippen LogP contribution in [0.4, 0.5) is 11.5 Å². The van der Waals surface area contributed by atoms with Gasteiger partial charge in [0.2, 0.25) is 0 Å². The first-order chi connectivity index (χ1) is 11.5. The number of rotatable bonds is 7. The fourth-order valence-electron chi connectivity index (χ4n) is 2.43. The highest BCUT2D eigenvalue weighted by Crippen LogP contribution is 2.18. The van der Waals surface area contributed by atoms with Gasteiger partial charge in [0.1, 0.15) is 5.82 Å². The molecule has 0 aliphatic heterocycles. The Morgan fingerprint density at radius 1 is 1.21 bits per heavy atom. The van der Waals surface area contributed by atoms with Crippen LogP contribution in [-0.4, -0.2) is 49.5 Å². The molecule has 5 nitrogen and oxygen atoms in total. The molecule has 0 saturated heterocycles. The first-order valence-electron chi connectivity index (χ1n) is 8.24. The lowest BCUT2D eigenvalue weighted by Gasteiger charge is -2.21. The fourth-order valence-corrected chi connectivity index (χ4v) is 2.43. The van der Waals surface area contributed by atoms with Gasteiger partial charge in [-0.25, -0.2) is 4.98 Å². The maximum atomic E-state index is 12.8. The third-order valence-corrected chi connectivity index (χ3v) is 3.75. The molecular formula is C19H26N4O. The van der Waals surface area contributed by atoms with Crippen molar-refractivity contribution in [3.63, 3.8) is 0 Å². The highest BCUT2D eigenvalue weighted by atomic mass is 16.2. The monoisotopic (exact) mass is 326 g/mol. The topological polar surface area (TPSA) is 48.5 Å². The Morgan fingerprint density at radius 2 is 2.00 bits per heavy atom. The number of carbonyl (C=O) groups is 1. The highest BCUT2D eigenvalue weighted by molar-refractivity contribution is 6.06. The van der Waals surface area contributed by atoms with E-state index in [1.165, 1.54) is 0 Å². The molecule has 0 spiro atoms. The van der Waals surface area contributed by atoms with E-state index in [1.54, 1.807) is 11.1 Å². The lowest BCUT2D eigenvalue weighted by Crippen LogP contribution is -2.30. The smallest absolute Gasteiger partial charge is 0.259 e. The first kappa shape index (κ1) is 17.9. The summed E-state index contributed by atoms with van der Waals surface area (Å²) < 4.78 is 0. The van der Waals surface area contributed by atoms with Crippen molar-refractivity contribution in [2.45, 2.75) is 13.8 Å². The van der Waals surface area contributed by atoms with Crippen LogP contribution in [-0.2, 0) is 0 Å². The lowest BCUT2D eigenvalue weighted by atomic mass is 10.2. The third kappa shape index (κ3) is 4.80. The number of likely N-dealkylation sites (N-methyl/N-ethyl adjacent to an activating group) is 1. The molecule has 0 atom stereocenters. The van der Waals surface area contributed by atoms with Crippen molar-refractivity contribution in [2.75, 3.05) is 43.9 Å². The quantitative estimate of drug-likeness (QED) is 0.850. The van der Waals surface area contributed by atoms with Gasteiger partial charge in [0, 0.05) is 31.5 Å². The van der Waals surface area contributed by atoms with Gasteiger partial charge in [-0.1, -0.05) is 12.1 Å². The average molecular weight is 326 g/mol. The van der Waals surface area contributed by atoms with Crippen LogP contribution in [0.1, 0.15) is 22.8 Å². The Balaban J connectivity index is 2.08. The number of pyridine rings is 1. The molecule has 0 bridgehead atoms. The van der Waals surface area contributed by atoms with Crippen molar-refractivity contribution in [1.29, 1.82) is 0 Å². The summed E-state index contributed by atoms with van der Waals surface area (Å²) in [7, 11) is 4.06. The third-order valence-electron chi connectivity index (χ3n) is 3.75. The number of nitrogens with zero attached hydrogens (tertiary/aromatic N) is 3. The number of hydrogen-bond donors (Lipinski definition) is 1. The lowest BCUT2D eigenvalue weighted by molar-refractivity contribution is 0.0988. The molecule has 1 aromatic heterocycles.